The molecule has 0 unspecified atom stereocenters. The number of hydrogen-bond donors (Lipinski definition) is 0. The maximum atomic E-state index is 2.32. The van der Waals surface area contributed by atoms with Crippen LogP contribution in [0.1, 0.15) is 0 Å². The Morgan fingerprint density at radius 2 is 1.11 bits per heavy atom. The average Bonchev–Trinajstić information content (AvgIpc) is 3.35. The molecule has 0 saturated carbocycles. The molecule has 0 saturated heterocycles. The van der Waals surface area contributed by atoms with Crippen LogP contribution in [0, 0.1) is 0 Å². The van der Waals surface area contributed by atoms with E-state index in [0.717, 1.165) is 0 Å². The molecule has 1 aromatic heterocycles. The second-order valence-corrected chi connectivity index (χ2v) is 10.5. The van der Waals surface area contributed by atoms with Crippen molar-refractivity contribution >= 4 is 53.7 Å². The van der Waals surface area contributed by atoms with Crippen LogP contribution in [0.3, 0.4) is 0 Å². The van der Waals surface area contributed by atoms with Crippen LogP contribution in [0.25, 0.3) is 53.2 Å². The van der Waals surface area contributed by atoms with Gasteiger partial charge in [0.2, 0.25) is 0 Å². The molecular weight excluding hydrogens is 466 g/mol. The molecule has 6 aromatic carbocycles. The molecule has 0 bridgehead atoms. The minimum absolute atomic E-state index is 1.17. The molecule has 7 rings (SSSR count). The molecule has 0 amide bonds. The number of hydrogen-bond acceptors (Lipinski definition) is 2. The van der Waals surface area contributed by atoms with Crippen molar-refractivity contribution in [2.75, 3.05) is 11.9 Å². The molecule has 1 nitrogen and oxygen atoms in total. The summed E-state index contributed by atoms with van der Waals surface area (Å²) in [5.41, 5.74) is 7.37. The van der Waals surface area contributed by atoms with Crippen LogP contribution < -0.4 is 4.90 Å². The van der Waals surface area contributed by atoms with Gasteiger partial charge in [-0.25, -0.2) is 0 Å². The molecule has 0 atom stereocenters. The predicted octanol–water partition coefficient (Wildman–Crippen LogP) is 10.3. The lowest BCUT2D eigenvalue weighted by Crippen LogP contribution is -2.08. The first-order chi connectivity index (χ1) is 18.3. The van der Waals surface area contributed by atoms with E-state index >= 15 is 0 Å². The lowest BCUT2D eigenvalue weighted by molar-refractivity contribution is 1.21. The summed E-state index contributed by atoms with van der Waals surface area (Å²) >= 11 is 1.86. The van der Waals surface area contributed by atoms with Gasteiger partial charge in [0.05, 0.1) is 0 Å². The largest absolute Gasteiger partial charge is 0.345 e. The smallest absolute Gasteiger partial charge is 0.0415 e. The van der Waals surface area contributed by atoms with Crippen LogP contribution in [0.5, 0.6) is 0 Å². The summed E-state index contributed by atoms with van der Waals surface area (Å²) in [6, 6.07) is 48.3. The van der Waals surface area contributed by atoms with Crippen LogP contribution in [-0.2, 0) is 0 Å². The van der Waals surface area contributed by atoms with Gasteiger partial charge in [-0.15, -0.1) is 11.3 Å². The third kappa shape index (κ3) is 3.78. The van der Waals surface area contributed by atoms with Gasteiger partial charge in [-0.2, -0.15) is 0 Å². The number of thiophene rings is 1. The van der Waals surface area contributed by atoms with Crippen molar-refractivity contribution in [3.05, 3.63) is 133 Å². The van der Waals surface area contributed by atoms with Crippen molar-refractivity contribution < 1.29 is 0 Å². The van der Waals surface area contributed by atoms with E-state index in [1.54, 1.807) is 0 Å². The second kappa shape index (κ2) is 8.92. The summed E-state index contributed by atoms with van der Waals surface area (Å²) in [4.78, 5) is 2.27. The van der Waals surface area contributed by atoms with E-state index in [1.165, 1.54) is 64.6 Å². The third-order valence-electron chi connectivity index (χ3n) is 7.30. The predicted molar refractivity (Wildman–Crippen MR) is 162 cm³/mol. The summed E-state index contributed by atoms with van der Waals surface area (Å²) in [6.45, 7) is 0. The molecule has 7 aromatic rings. The molecule has 0 aliphatic carbocycles. The summed E-state index contributed by atoms with van der Waals surface area (Å²) in [5.74, 6) is 0. The van der Waals surface area contributed by atoms with Crippen molar-refractivity contribution in [3.8, 4) is 22.3 Å². The monoisotopic (exact) mass is 491 g/mol. The van der Waals surface area contributed by atoms with Crippen LogP contribution in [0.4, 0.5) is 11.4 Å². The summed E-state index contributed by atoms with van der Waals surface area (Å²) in [7, 11) is 2.15. The van der Waals surface area contributed by atoms with E-state index in [9.17, 15) is 0 Å². The van der Waals surface area contributed by atoms with Gasteiger partial charge in [0.1, 0.15) is 0 Å². The lowest BCUT2D eigenvalue weighted by atomic mass is 9.91. The van der Waals surface area contributed by atoms with Crippen molar-refractivity contribution in [1.29, 1.82) is 0 Å². The summed E-state index contributed by atoms with van der Waals surface area (Å²) < 4.78 is 2.67. The Kier molecular flexibility index (Phi) is 5.27. The first-order valence-electron chi connectivity index (χ1n) is 12.6. The van der Waals surface area contributed by atoms with Crippen LogP contribution in [0.2, 0.25) is 0 Å². The van der Waals surface area contributed by atoms with Gasteiger partial charge in [-0.05, 0) is 69.4 Å². The number of fused-ring (bicyclic) bond motifs is 4. The number of nitrogens with zero attached hydrogens (tertiary/aromatic N) is 1. The van der Waals surface area contributed by atoms with Gasteiger partial charge in [0, 0.05) is 38.6 Å². The zero-order valence-corrected chi connectivity index (χ0v) is 21.4. The fourth-order valence-corrected chi connectivity index (χ4v) is 6.46. The first-order valence-corrected chi connectivity index (χ1v) is 13.4. The van der Waals surface area contributed by atoms with Crippen molar-refractivity contribution in [2.45, 2.75) is 0 Å². The minimum atomic E-state index is 1.17. The first kappa shape index (κ1) is 21.8. The third-order valence-corrected chi connectivity index (χ3v) is 8.45. The molecule has 37 heavy (non-hydrogen) atoms. The van der Waals surface area contributed by atoms with Gasteiger partial charge in [-0.3, -0.25) is 0 Å². The van der Waals surface area contributed by atoms with Gasteiger partial charge in [0.25, 0.3) is 0 Å². The number of benzene rings is 6. The van der Waals surface area contributed by atoms with Gasteiger partial charge in [-0.1, -0.05) is 97.1 Å². The molecule has 0 aliphatic heterocycles. The van der Waals surface area contributed by atoms with Crippen LogP contribution >= 0.6 is 11.3 Å². The standard InChI is InChI=1S/C35H25NS/c1-36(28-21-22-34-32(23-28)31-13-5-6-16-33(31)37-34)27-19-17-25(18-20-27)30-15-8-12-26-11-7-14-29(35(26)30)24-9-3-2-4-10-24/h2-23H,1H3. The van der Waals surface area contributed by atoms with Crippen molar-refractivity contribution in [1.82, 2.24) is 0 Å². The van der Waals surface area contributed by atoms with Gasteiger partial charge in [0.15, 0.2) is 0 Å². The normalized spacial score (nSPS) is 11.4. The molecule has 176 valence electrons. The van der Waals surface area contributed by atoms with Crippen LogP contribution in [0.15, 0.2) is 133 Å². The molecule has 2 heteroatoms. The Balaban J connectivity index is 1.28. The van der Waals surface area contributed by atoms with Gasteiger partial charge < -0.3 is 4.90 Å². The highest BCUT2D eigenvalue weighted by Gasteiger charge is 2.12. The minimum Gasteiger partial charge on any atom is -0.345 e. The van der Waals surface area contributed by atoms with E-state index in [2.05, 4.69) is 145 Å². The molecular formula is C35H25NS. The van der Waals surface area contributed by atoms with Crippen molar-refractivity contribution in [3.63, 3.8) is 0 Å². The topological polar surface area (TPSA) is 3.24 Å². The maximum Gasteiger partial charge on any atom is 0.0415 e. The van der Waals surface area contributed by atoms with Crippen molar-refractivity contribution in [2.24, 2.45) is 0 Å². The zero-order chi connectivity index (χ0) is 24.8. The lowest BCUT2D eigenvalue weighted by Gasteiger charge is -2.20. The van der Waals surface area contributed by atoms with E-state index < -0.39 is 0 Å². The Morgan fingerprint density at radius 3 is 1.86 bits per heavy atom. The number of anilines is 2. The maximum absolute atomic E-state index is 2.32. The Hall–Kier alpha value is -4.40. The molecule has 1 heterocycles. The molecule has 0 spiro atoms. The Bertz CT molecular complexity index is 1880. The summed E-state index contributed by atoms with van der Waals surface area (Å²) in [6.07, 6.45) is 0. The van der Waals surface area contributed by atoms with E-state index in [4.69, 9.17) is 0 Å². The van der Waals surface area contributed by atoms with E-state index in [-0.39, 0.29) is 0 Å². The number of rotatable bonds is 4. The fraction of sp³-hybridized carbons (Fsp3) is 0.0286. The highest BCUT2D eigenvalue weighted by atomic mass is 32.1. The highest BCUT2D eigenvalue weighted by Crippen LogP contribution is 2.39. The SMILES string of the molecule is CN(c1ccc(-c2cccc3cccc(-c4ccccc4)c23)cc1)c1ccc2sc3ccccc3c2c1. The fourth-order valence-electron chi connectivity index (χ4n) is 5.38. The summed E-state index contributed by atoms with van der Waals surface area (Å²) in [5, 5.41) is 5.22. The van der Waals surface area contributed by atoms with Crippen LogP contribution in [-0.4, -0.2) is 7.05 Å². The Morgan fingerprint density at radius 1 is 0.486 bits per heavy atom. The molecule has 0 aliphatic rings. The van der Waals surface area contributed by atoms with E-state index in [0.29, 0.717) is 0 Å². The van der Waals surface area contributed by atoms with E-state index in [1.807, 2.05) is 11.3 Å². The second-order valence-electron chi connectivity index (χ2n) is 9.46. The molecule has 0 radical (unpaired) electrons. The zero-order valence-electron chi connectivity index (χ0n) is 20.6. The average molecular weight is 492 g/mol. The quantitative estimate of drug-likeness (QED) is 0.237. The Labute approximate surface area is 220 Å². The highest BCUT2D eigenvalue weighted by molar-refractivity contribution is 7.25. The molecule has 0 N–H and O–H groups in total. The van der Waals surface area contributed by atoms with Gasteiger partial charge >= 0.3 is 0 Å². The molecule has 0 fully saturated rings.